The molecule has 0 aromatic carbocycles. The maximum Gasteiger partial charge on any atom is 0.267 e. The second-order valence-corrected chi connectivity index (χ2v) is 5.82. The number of amides is 1. The molecule has 0 N–H and O–H groups in total. The summed E-state index contributed by atoms with van der Waals surface area (Å²) in [5.41, 5.74) is 0. The monoisotopic (exact) mass is 267 g/mol. The summed E-state index contributed by atoms with van der Waals surface area (Å²) in [6.07, 6.45) is 9.13. The van der Waals surface area contributed by atoms with Crippen LogP contribution in [0, 0.1) is 5.92 Å². The van der Waals surface area contributed by atoms with Gasteiger partial charge in [-0.05, 0) is 36.7 Å². The van der Waals surface area contributed by atoms with Crippen molar-refractivity contribution >= 4 is 17.4 Å². The summed E-state index contributed by atoms with van der Waals surface area (Å²) < 4.78 is 3.78. The van der Waals surface area contributed by atoms with E-state index in [2.05, 4.69) is 16.5 Å². The molecule has 1 aromatic rings. The van der Waals surface area contributed by atoms with Gasteiger partial charge in [0.05, 0.1) is 6.20 Å². The van der Waals surface area contributed by atoms with Crippen molar-refractivity contribution in [2.45, 2.75) is 45.4 Å². The van der Waals surface area contributed by atoms with Crippen molar-refractivity contribution in [3.8, 4) is 0 Å². The summed E-state index contributed by atoms with van der Waals surface area (Å²) >= 11 is 1.19. The molecule has 1 aromatic heterocycles. The third kappa shape index (κ3) is 3.51. The van der Waals surface area contributed by atoms with Crippen LogP contribution in [-0.2, 0) is 0 Å². The van der Waals surface area contributed by atoms with Crippen molar-refractivity contribution in [1.29, 1.82) is 0 Å². The van der Waals surface area contributed by atoms with Crippen LogP contribution in [0.2, 0.25) is 0 Å². The normalized spacial score (nSPS) is 16.7. The molecule has 4 nitrogen and oxygen atoms in total. The number of nitrogens with zero attached hydrogens (tertiary/aromatic N) is 3. The minimum absolute atomic E-state index is 0.109. The van der Waals surface area contributed by atoms with E-state index in [9.17, 15) is 4.79 Å². The van der Waals surface area contributed by atoms with Crippen molar-refractivity contribution < 1.29 is 4.79 Å². The van der Waals surface area contributed by atoms with E-state index < -0.39 is 0 Å². The van der Waals surface area contributed by atoms with Crippen LogP contribution >= 0.6 is 11.5 Å². The van der Waals surface area contributed by atoms with Gasteiger partial charge in [-0.15, -0.1) is 5.10 Å². The molecule has 2 rings (SSSR count). The number of rotatable bonds is 5. The van der Waals surface area contributed by atoms with Gasteiger partial charge in [0.1, 0.15) is 4.88 Å². The van der Waals surface area contributed by atoms with Crippen LogP contribution in [0.15, 0.2) is 6.20 Å². The molecule has 1 aliphatic rings. The lowest BCUT2D eigenvalue weighted by Gasteiger charge is -2.29. The molecule has 0 unspecified atom stereocenters. The summed E-state index contributed by atoms with van der Waals surface area (Å²) in [5.74, 6) is 0.799. The van der Waals surface area contributed by atoms with E-state index in [1.54, 1.807) is 6.20 Å². The fraction of sp³-hybridized carbons (Fsp3) is 0.769. The van der Waals surface area contributed by atoms with E-state index in [0.29, 0.717) is 10.8 Å². The predicted molar refractivity (Wildman–Crippen MR) is 72.7 cm³/mol. The van der Waals surface area contributed by atoms with Crippen LogP contribution in [0.25, 0.3) is 0 Å². The summed E-state index contributed by atoms with van der Waals surface area (Å²) in [5, 5.41) is 3.75. The van der Waals surface area contributed by atoms with Gasteiger partial charge in [0.15, 0.2) is 0 Å². The highest BCUT2D eigenvalue weighted by Crippen LogP contribution is 2.25. The van der Waals surface area contributed by atoms with Gasteiger partial charge in [-0.3, -0.25) is 4.79 Å². The maximum atomic E-state index is 12.3. The molecule has 1 heterocycles. The van der Waals surface area contributed by atoms with Gasteiger partial charge < -0.3 is 4.90 Å². The Labute approximate surface area is 113 Å². The lowest BCUT2D eigenvalue weighted by atomic mass is 9.89. The first-order valence-electron chi connectivity index (χ1n) is 6.88. The third-order valence-electron chi connectivity index (χ3n) is 3.56. The van der Waals surface area contributed by atoms with Gasteiger partial charge in [0.2, 0.25) is 0 Å². The molecule has 0 aliphatic heterocycles. The van der Waals surface area contributed by atoms with Crippen molar-refractivity contribution in [2.24, 2.45) is 5.92 Å². The Morgan fingerprint density at radius 2 is 2.22 bits per heavy atom. The number of carbonyl (C=O) groups excluding carboxylic acids is 1. The summed E-state index contributed by atoms with van der Waals surface area (Å²) in [6, 6.07) is 0. The van der Waals surface area contributed by atoms with Gasteiger partial charge in [-0.1, -0.05) is 30.7 Å². The van der Waals surface area contributed by atoms with E-state index in [-0.39, 0.29) is 5.91 Å². The number of hydrogen-bond donors (Lipinski definition) is 0. The number of hydrogen-bond acceptors (Lipinski definition) is 4. The number of carbonyl (C=O) groups is 1. The SMILES string of the molecule is CCCN(CC1CCCCC1)C(=O)c1cnns1. The zero-order valence-electron chi connectivity index (χ0n) is 11.0. The molecule has 1 amide bonds. The standard InChI is InChI=1S/C13H21N3OS/c1-2-8-16(10-11-6-4-3-5-7-11)13(17)12-9-14-15-18-12/h9,11H,2-8,10H2,1H3. The van der Waals surface area contributed by atoms with Crippen molar-refractivity contribution in [2.75, 3.05) is 13.1 Å². The molecule has 0 spiro atoms. The second kappa shape index (κ2) is 6.83. The van der Waals surface area contributed by atoms with Gasteiger partial charge in [0.25, 0.3) is 5.91 Å². The Morgan fingerprint density at radius 3 is 2.83 bits per heavy atom. The van der Waals surface area contributed by atoms with Crippen molar-refractivity contribution in [3.63, 3.8) is 0 Å². The Hall–Kier alpha value is -0.970. The highest BCUT2D eigenvalue weighted by molar-refractivity contribution is 7.07. The number of aromatic nitrogens is 2. The molecule has 18 heavy (non-hydrogen) atoms. The van der Waals surface area contributed by atoms with Crippen LogP contribution in [-0.4, -0.2) is 33.5 Å². The average molecular weight is 267 g/mol. The first-order valence-corrected chi connectivity index (χ1v) is 7.65. The maximum absolute atomic E-state index is 12.3. The molecule has 1 saturated carbocycles. The molecule has 100 valence electrons. The molecular weight excluding hydrogens is 246 g/mol. The first kappa shape index (κ1) is 13.5. The predicted octanol–water partition coefficient (Wildman–Crippen LogP) is 2.97. The van der Waals surface area contributed by atoms with Crippen molar-refractivity contribution in [1.82, 2.24) is 14.5 Å². The molecular formula is C13H21N3OS. The Morgan fingerprint density at radius 1 is 1.44 bits per heavy atom. The van der Waals surface area contributed by atoms with Gasteiger partial charge in [-0.2, -0.15) is 0 Å². The van der Waals surface area contributed by atoms with Gasteiger partial charge >= 0.3 is 0 Å². The minimum atomic E-state index is 0.109. The minimum Gasteiger partial charge on any atom is -0.338 e. The average Bonchev–Trinajstić information content (AvgIpc) is 2.92. The third-order valence-corrected chi connectivity index (χ3v) is 4.21. The molecule has 0 radical (unpaired) electrons. The van der Waals surface area contributed by atoms with E-state index in [1.165, 1.54) is 43.6 Å². The van der Waals surface area contributed by atoms with E-state index in [1.807, 2.05) is 4.90 Å². The van der Waals surface area contributed by atoms with Crippen LogP contribution in [0.3, 0.4) is 0 Å². The summed E-state index contributed by atoms with van der Waals surface area (Å²) in [6.45, 7) is 3.86. The highest BCUT2D eigenvalue weighted by atomic mass is 32.1. The van der Waals surface area contributed by atoms with Crippen LogP contribution < -0.4 is 0 Å². The zero-order valence-corrected chi connectivity index (χ0v) is 11.8. The van der Waals surface area contributed by atoms with E-state index in [0.717, 1.165) is 19.5 Å². The molecule has 1 fully saturated rings. The summed E-state index contributed by atoms with van der Waals surface area (Å²) in [4.78, 5) is 15.0. The van der Waals surface area contributed by atoms with E-state index >= 15 is 0 Å². The quantitative estimate of drug-likeness (QED) is 0.824. The molecule has 1 aliphatic carbocycles. The largest absolute Gasteiger partial charge is 0.338 e. The van der Waals surface area contributed by atoms with Crippen LogP contribution in [0.1, 0.15) is 55.1 Å². The van der Waals surface area contributed by atoms with Gasteiger partial charge in [-0.25, -0.2) is 0 Å². The van der Waals surface area contributed by atoms with Gasteiger partial charge in [0, 0.05) is 13.1 Å². The van der Waals surface area contributed by atoms with Crippen molar-refractivity contribution in [3.05, 3.63) is 11.1 Å². The second-order valence-electron chi connectivity index (χ2n) is 5.04. The topological polar surface area (TPSA) is 46.1 Å². The Bertz CT molecular complexity index is 360. The lowest BCUT2D eigenvalue weighted by molar-refractivity contribution is 0.0718. The Kier molecular flexibility index (Phi) is 5.11. The smallest absolute Gasteiger partial charge is 0.267 e. The van der Waals surface area contributed by atoms with E-state index in [4.69, 9.17) is 0 Å². The van der Waals surface area contributed by atoms with Crippen LogP contribution in [0.4, 0.5) is 0 Å². The highest BCUT2D eigenvalue weighted by Gasteiger charge is 2.22. The fourth-order valence-electron chi connectivity index (χ4n) is 2.64. The lowest BCUT2D eigenvalue weighted by Crippen LogP contribution is -2.36. The molecule has 0 saturated heterocycles. The first-order chi connectivity index (χ1) is 8.81. The summed E-state index contributed by atoms with van der Waals surface area (Å²) in [7, 11) is 0. The zero-order chi connectivity index (χ0) is 12.8. The fourth-order valence-corrected chi connectivity index (χ4v) is 3.13. The Balaban J connectivity index is 1.96. The molecule has 0 bridgehead atoms. The molecule has 5 heteroatoms. The molecule has 0 atom stereocenters. The van der Waals surface area contributed by atoms with Crippen LogP contribution in [0.5, 0.6) is 0 Å².